The smallest absolute Gasteiger partial charge is 0.542 e. The number of hydrogen-bond donors (Lipinski definition) is 1. The second-order valence-corrected chi connectivity index (χ2v) is 11.6. The minimum Gasteiger partial charge on any atom is -0.542 e. The summed E-state index contributed by atoms with van der Waals surface area (Å²) in [6.07, 6.45) is 10.4. The Hall–Kier alpha value is -1.01. The molecule has 0 spiro atoms. The minimum atomic E-state index is -0.423. The standard InChI is InChI=1S/C24H27IN3O.C4H7O.U/c1-17-11-12-20-22(15-17)27-23(19-9-2-3-10-21(19)26)25-24(20)28-13-6-8-18(16-28)7-4-5-14-29;1-2-4-5-3-1;/h2-3,9-12,15,18H,4-8,13,16,26H2,1H3;1H,2-4H2;/q2*-1;+2/t18-;;/m1../s1. The van der Waals surface area contributed by atoms with Crippen molar-refractivity contribution in [3.63, 3.8) is 0 Å². The summed E-state index contributed by atoms with van der Waals surface area (Å²) < 4.78 is 7.52. The van der Waals surface area contributed by atoms with Gasteiger partial charge >= 0.3 is 31.1 Å². The molecule has 3 aliphatic rings. The van der Waals surface area contributed by atoms with Crippen molar-refractivity contribution in [2.24, 2.45) is 10.9 Å². The molecule has 0 amide bonds. The van der Waals surface area contributed by atoms with Crippen LogP contribution < -0.4 is 16.3 Å². The van der Waals surface area contributed by atoms with E-state index in [2.05, 4.69) is 42.5 Å². The van der Waals surface area contributed by atoms with Crippen molar-refractivity contribution in [3.8, 4) is 0 Å². The summed E-state index contributed by atoms with van der Waals surface area (Å²) in [5.41, 5.74) is 9.42. The third kappa shape index (κ3) is 7.99. The van der Waals surface area contributed by atoms with Gasteiger partial charge in [0.1, 0.15) is 3.63 Å². The van der Waals surface area contributed by atoms with E-state index in [9.17, 15) is 4.79 Å². The van der Waals surface area contributed by atoms with E-state index in [4.69, 9.17) is 15.5 Å². The van der Waals surface area contributed by atoms with Crippen LogP contribution in [0, 0.1) is 50.4 Å². The maximum Gasteiger partial charge on any atom is 2.00 e. The van der Waals surface area contributed by atoms with Gasteiger partial charge in [-0.1, -0.05) is 43.7 Å². The van der Waals surface area contributed by atoms with Crippen LogP contribution in [0.15, 0.2) is 47.5 Å². The number of piperidine rings is 1. The Labute approximate surface area is 242 Å². The third-order valence-corrected chi connectivity index (χ3v) is 9.45. The van der Waals surface area contributed by atoms with Crippen LogP contribution in [-0.2, 0) is 9.53 Å². The summed E-state index contributed by atoms with van der Waals surface area (Å²) in [5.74, 6) is 0.659. The molecule has 5 nitrogen and oxygen atoms in total. The number of anilines is 1. The summed E-state index contributed by atoms with van der Waals surface area (Å²) in [7, 11) is 0. The van der Waals surface area contributed by atoms with Gasteiger partial charge in [-0.3, -0.25) is 6.29 Å². The van der Waals surface area contributed by atoms with Crippen molar-refractivity contribution < 1.29 is 40.6 Å². The summed E-state index contributed by atoms with van der Waals surface area (Å²) in [4.78, 5) is 18.2. The van der Waals surface area contributed by atoms with Gasteiger partial charge in [0.25, 0.3) is 0 Å². The number of unbranched alkanes of at least 4 members (excludes halogenated alkanes) is 1. The number of rotatable bonds is 6. The van der Waals surface area contributed by atoms with Crippen LogP contribution in [-0.4, -0.2) is 41.1 Å². The quantitative estimate of drug-likeness (QED) is 0.158. The number of nitrogens with two attached hydrogens (primary N) is 1. The average molecular weight is 810 g/mol. The summed E-state index contributed by atoms with van der Waals surface area (Å²) in [6.45, 7) is 6.13. The fourth-order valence-electron chi connectivity index (χ4n) is 4.56. The van der Waals surface area contributed by atoms with Crippen molar-refractivity contribution in [2.75, 3.05) is 32.0 Å². The zero-order valence-electron chi connectivity index (χ0n) is 20.4. The van der Waals surface area contributed by atoms with Gasteiger partial charge in [0.2, 0.25) is 0 Å². The van der Waals surface area contributed by atoms with Crippen molar-refractivity contribution in [1.82, 2.24) is 4.90 Å². The maximum atomic E-state index is 10.6. The summed E-state index contributed by atoms with van der Waals surface area (Å²) in [5, 5.41) is 2.37. The molecule has 3 aliphatic heterocycles. The van der Waals surface area contributed by atoms with Gasteiger partial charge < -0.3 is 26.6 Å². The molecule has 0 saturated carbocycles. The zero-order valence-corrected chi connectivity index (χ0v) is 26.8. The van der Waals surface area contributed by atoms with Crippen LogP contribution >= 0.6 is 20.7 Å². The number of aryl methyl sites for hydroxylation is 1. The van der Waals surface area contributed by atoms with E-state index in [1.807, 2.05) is 24.5 Å². The number of nitrogens with zero attached hydrogens (tertiary/aromatic N) is 2. The van der Waals surface area contributed by atoms with Crippen molar-refractivity contribution >= 4 is 40.0 Å². The van der Waals surface area contributed by atoms with Crippen molar-refractivity contribution in [3.05, 3.63) is 70.6 Å². The van der Waals surface area contributed by atoms with E-state index in [-0.39, 0.29) is 31.1 Å². The molecule has 0 radical (unpaired) electrons. The Bertz CT molecular complexity index is 1140. The number of halogens is 1. The SMILES string of the molecule is Cc1ccc2c(c1)=NC(c1ccccc1N)=IC=2N1CCC[C@@H](CCC[C-]=O)C1.[CH-]1CCOC1.[U+2]. The number of fused-ring (bicyclic) bond motifs is 1. The molecule has 5 rings (SSSR count). The summed E-state index contributed by atoms with van der Waals surface area (Å²) >= 11 is -0.423. The molecule has 3 heterocycles. The van der Waals surface area contributed by atoms with Crippen LogP contribution in [0.1, 0.15) is 49.7 Å². The van der Waals surface area contributed by atoms with E-state index in [1.165, 1.54) is 27.3 Å². The first-order valence-corrected chi connectivity index (χ1v) is 14.4. The molecular weight excluding hydrogens is 775 g/mol. The van der Waals surface area contributed by atoms with Gasteiger partial charge in [-0.2, -0.15) is 12.8 Å². The minimum absolute atomic E-state index is 0. The second-order valence-electron chi connectivity index (χ2n) is 9.04. The number of carbonyl (C=O) groups excluding carboxylic acids is 1. The van der Waals surface area contributed by atoms with Crippen LogP contribution in [0.25, 0.3) is 3.70 Å². The van der Waals surface area contributed by atoms with Crippen LogP contribution in [0.3, 0.4) is 0 Å². The molecular formula is C28H34IN3O2U. The molecule has 0 bridgehead atoms. The van der Waals surface area contributed by atoms with Gasteiger partial charge in [0.05, 0.1) is 9.06 Å². The van der Waals surface area contributed by atoms with Gasteiger partial charge in [0.15, 0.2) is 0 Å². The largest absolute Gasteiger partial charge is 2.00 e. The number of hydrogen-bond acceptors (Lipinski definition) is 5. The van der Waals surface area contributed by atoms with E-state index in [0.717, 1.165) is 65.8 Å². The molecule has 2 aromatic rings. The molecule has 2 saturated heterocycles. The molecule has 0 aromatic heterocycles. The topological polar surface area (TPSA) is 67.9 Å². The molecule has 2 N–H and O–H groups in total. The third-order valence-electron chi connectivity index (χ3n) is 6.35. The van der Waals surface area contributed by atoms with Crippen LogP contribution in [0.5, 0.6) is 0 Å². The molecule has 7 heteroatoms. The zero-order chi connectivity index (χ0) is 23.8. The molecule has 2 fully saturated rings. The molecule has 0 aliphatic carbocycles. The molecule has 2 aromatic carbocycles. The first-order valence-electron chi connectivity index (χ1n) is 12.2. The van der Waals surface area contributed by atoms with E-state index < -0.39 is 20.7 Å². The average Bonchev–Trinajstić information content (AvgIpc) is 3.44. The first-order chi connectivity index (χ1) is 16.7. The molecule has 1 atom stereocenters. The molecule has 0 unspecified atom stereocenters. The number of ether oxygens (including phenoxy) is 1. The summed E-state index contributed by atoms with van der Waals surface area (Å²) in [6, 6.07) is 14.7. The van der Waals surface area contributed by atoms with E-state index in [1.54, 1.807) is 0 Å². The monoisotopic (exact) mass is 809 g/mol. The van der Waals surface area contributed by atoms with Gasteiger partial charge in [-0.25, -0.2) is 4.99 Å². The maximum absolute atomic E-state index is 10.6. The normalized spacial score (nSPS) is 19.1. The Morgan fingerprint density at radius 3 is 2.86 bits per heavy atom. The number of likely N-dealkylation sites (tertiary alicyclic amines) is 1. The number of para-hydroxylation sites is 1. The Morgan fingerprint density at radius 1 is 1.29 bits per heavy atom. The Morgan fingerprint density at radius 2 is 2.14 bits per heavy atom. The van der Waals surface area contributed by atoms with Gasteiger partial charge in [0, 0.05) is 36.2 Å². The van der Waals surface area contributed by atoms with Crippen molar-refractivity contribution in [2.45, 2.75) is 45.4 Å². The molecule has 184 valence electrons. The number of nitrogen functional groups attached to an aromatic ring is 1. The second kappa shape index (κ2) is 14.7. The van der Waals surface area contributed by atoms with E-state index in [0.29, 0.717) is 12.3 Å². The first kappa shape index (κ1) is 28.6. The van der Waals surface area contributed by atoms with E-state index >= 15 is 0 Å². The Balaban J connectivity index is 0.000000509. The number of benzene rings is 2. The van der Waals surface area contributed by atoms with Gasteiger partial charge in [-0.05, 0) is 70.2 Å². The molecule has 35 heavy (non-hydrogen) atoms. The predicted octanol–water partition coefficient (Wildman–Crippen LogP) is 4.03. The Kier molecular flexibility index (Phi) is 12.0. The van der Waals surface area contributed by atoms with Crippen LogP contribution in [0.2, 0.25) is 0 Å². The predicted molar refractivity (Wildman–Crippen MR) is 148 cm³/mol. The van der Waals surface area contributed by atoms with Gasteiger partial charge in [-0.15, -0.1) is 0 Å². The fourth-order valence-corrected chi connectivity index (χ4v) is 7.73. The van der Waals surface area contributed by atoms with Crippen LogP contribution in [0.4, 0.5) is 5.69 Å². The fraction of sp³-hybridized carbons (Fsp3) is 0.429. The van der Waals surface area contributed by atoms with Crippen molar-refractivity contribution in [1.29, 1.82) is 0 Å².